The van der Waals surface area contributed by atoms with E-state index >= 15 is 0 Å². The van der Waals surface area contributed by atoms with Crippen LogP contribution in [-0.4, -0.2) is 6.11 Å². The first kappa shape index (κ1) is 34.5. The van der Waals surface area contributed by atoms with Gasteiger partial charge in [-0.2, -0.15) is 8.78 Å². The molecule has 0 aliphatic heterocycles. The first-order valence-electron chi connectivity index (χ1n) is 10.9. The molecule has 0 aromatic carbocycles. The molecule has 0 radical (unpaired) electrons. The Kier molecular flexibility index (Phi) is 13.3. The molecule has 39 heavy (non-hydrogen) atoms. The second kappa shape index (κ2) is 15.0. The standard InChI is InChI=1S/C32H30F6O/c1-19(2)16-31(36)28(11)32(37,38)39-25(8)15-13-20(3)22(5)17-29(34)27(10)23(6)18-30(35)26(9)21(4)12-14-24(7)33/h12-18H,1,3-11H2,2H3/b14-12-,15-13-,29-17+,30-18+,31-16+. The van der Waals surface area contributed by atoms with E-state index in [0.717, 1.165) is 42.5 Å². The molecule has 0 N–H and O–H groups in total. The van der Waals surface area contributed by atoms with Gasteiger partial charge in [-0.25, -0.2) is 17.6 Å². The van der Waals surface area contributed by atoms with E-state index in [-0.39, 0.29) is 39.0 Å². The Hall–Kier alpha value is -4.52. The molecule has 0 saturated heterocycles. The fourth-order valence-corrected chi connectivity index (χ4v) is 2.26. The maximum atomic E-state index is 14.7. The van der Waals surface area contributed by atoms with Gasteiger partial charge in [-0.3, -0.25) is 0 Å². The van der Waals surface area contributed by atoms with Crippen LogP contribution < -0.4 is 0 Å². The number of hydrogen-bond donors (Lipinski definition) is 0. The molecule has 0 bridgehead atoms. The van der Waals surface area contributed by atoms with Gasteiger partial charge >= 0.3 is 6.11 Å². The third kappa shape index (κ3) is 12.0. The smallest absolute Gasteiger partial charge is 0.428 e. The number of ether oxygens (including phenoxy) is 1. The molecule has 0 heterocycles. The van der Waals surface area contributed by atoms with Gasteiger partial charge in [0.1, 0.15) is 29.1 Å². The highest BCUT2D eigenvalue weighted by molar-refractivity contribution is 5.55. The van der Waals surface area contributed by atoms with E-state index in [4.69, 9.17) is 0 Å². The van der Waals surface area contributed by atoms with Crippen LogP contribution in [0.3, 0.4) is 0 Å². The number of alkyl halides is 2. The largest absolute Gasteiger partial charge is 0.429 e. The third-order valence-electron chi connectivity index (χ3n) is 4.57. The van der Waals surface area contributed by atoms with E-state index in [1.807, 2.05) is 0 Å². The number of halogens is 6. The predicted molar refractivity (Wildman–Crippen MR) is 150 cm³/mol. The van der Waals surface area contributed by atoms with E-state index in [0.29, 0.717) is 0 Å². The van der Waals surface area contributed by atoms with E-state index in [9.17, 15) is 26.3 Å². The quantitative estimate of drug-likeness (QED) is 0.107. The summed E-state index contributed by atoms with van der Waals surface area (Å²) in [6.45, 7) is 35.5. The van der Waals surface area contributed by atoms with Crippen molar-refractivity contribution in [2.75, 3.05) is 0 Å². The van der Waals surface area contributed by atoms with Crippen molar-refractivity contribution >= 4 is 0 Å². The average molecular weight is 545 g/mol. The lowest BCUT2D eigenvalue weighted by atomic mass is 10.0. The van der Waals surface area contributed by atoms with Gasteiger partial charge in [0.15, 0.2) is 0 Å². The summed E-state index contributed by atoms with van der Waals surface area (Å²) in [5, 5.41) is 0. The lowest BCUT2D eigenvalue weighted by Gasteiger charge is -2.19. The van der Waals surface area contributed by atoms with Crippen molar-refractivity contribution in [3.05, 3.63) is 182 Å². The van der Waals surface area contributed by atoms with Gasteiger partial charge < -0.3 is 4.74 Å². The summed E-state index contributed by atoms with van der Waals surface area (Å²) in [7, 11) is 0. The molecular formula is C32H30F6O. The zero-order chi connectivity index (χ0) is 30.7. The van der Waals surface area contributed by atoms with Crippen molar-refractivity contribution in [3.63, 3.8) is 0 Å². The highest BCUT2D eigenvalue weighted by atomic mass is 19.3. The van der Waals surface area contributed by atoms with Crippen molar-refractivity contribution in [1.82, 2.24) is 0 Å². The van der Waals surface area contributed by atoms with Gasteiger partial charge in [-0.1, -0.05) is 83.5 Å². The average Bonchev–Trinajstić information content (AvgIpc) is 2.83. The molecule has 0 fully saturated rings. The third-order valence-corrected chi connectivity index (χ3v) is 4.57. The van der Waals surface area contributed by atoms with Crippen LogP contribution in [0.5, 0.6) is 0 Å². The molecule has 1 nitrogen and oxygen atoms in total. The summed E-state index contributed by atoms with van der Waals surface area (Å²) in [6, 6.07) is 0. The summed E-state index contributed by atoms with van der Waals surface area (Å²) in [4.78, 5) is 0. The van der Waals surface area contributed by atoms with Gasteiger partial charge in [0.05, 0.1) is 5.57 Å². The van der Waals surface area contributed by atoms with Crippen LogP contribution in [-0.2, 0) is 4.74 Å². The predicted octanol–water partition coefficient (Wildman–Crippen LogP) is 10.7. The summed E-state index contributed by atoms with van der Waals surface area (Å²) in [5.41, 5.74) is -1.57. The Morgan fingerprint density at radius 2 is 1.03 bits per heavy atom. The molecule has 0 aromatic heterocycles. The Morgan fingerprint density at radius 1 is 0.564 bits per heavy atom. The lowest BCUT2D eigenvalue weighted by Crippen LogP contribution is -2.23. The number of hydrogen-bond acceptors (Lipinski definition) is 1. The SMILES string of the molecule is C=C(F)/C=C\C(=C)C(=C)/C(F)=C\C(=C)C(=C)/C(F)=C\C(=C)C(=C)/C=C\C(=C)OC(F)(F)C(=C)/C(F)=C\C(=C)C. The Balaban J connectivity index is 5.38. The van der Waals surface area contributed by atoms with Gasteiger partial charge in [0.25, 0.3) is 0 Å². The van der Waals surface area contributed by atoms with E-state index < -0.39 is 40.7 Å². The molecule has 0 amide bonds. The van der Waals surface area contributed by atoms with Crippen molar-refractivity contribution in [2.24, 2.45) is 0 Å². The first-order valence-corrected chi connectivity index (χ1v) is 10.9. The zero-order valence-corrected chi connectivity index (χ0v) is 21.8. The highest BCUT2D eigenvalue weighted by Gasteiger charge is 2.38. The Labute approximate surface area is 226 Å². The second-order valence-corrected chi connectivity index (χ2v) is 8.06. The van der Waals surface area contributed by atoms with Gasteiger partial charge in [-0.05, 0) is 59.6 Å². The normalized spacial score (nSPS) is 12.7. The van der Waals surface area contributed by atoms with Crippen molar-refractivity contribution < 1.29 is 31.1 Å². The highest BCUT2D eigenvalue weighted by Crippen LogP contribution is 2.33. The minimum Gasteiger partial charge on any atom is -0.429 e. The molecular weight excluding hydrogens is 514 g/mol. The summed E-state index contributed by atoms with van der Waals surface area (Å²) >= 11 is 0. The van der Waals surface area contributed by atoms with Crippen molar-refractivity contribution in [2.45, 2.75) is 13.0 Å². The Morgan fingerprint density at radius 3 is 1.51 bits per heavy atom. The van der Waals surface area contributed by atoms with E-state index in [1.54, 1.807) is 0 Å². The summed E-state index contributed by atoms with van der Waals surface area (Å²) < 4.78 is 88.3. The van der Waals surface area contributed by atoms with Crippen molar-refractivity contribution in [3.8, 4) is 0 Å². The molecule has 0 rings (SSSR count). The fraction of sp³-hybridized carbons (Fsp3) is 0.0625. The molecule has 0 aromatic rings. The maximum Gasteiger partial charge on any atom is 0.428 e. The van der Waals surface area contributed by atoms with Crippen LogP contribution in [0.4, 0.5) is 26.3 Å². The van der Waals surface area contributed by atoms with Gasteiger partial charge in [0.2, 0.25) is 0 Å². The minimum atomic E-state index is -4.11. The molecule has 206 valence electrons. The van der Waals surface area contributed by atoms with Crippen LogP contribution in [0.2, 0.25) is 0 Å². The first-order chi connectivity index (χ1) is 17.8. The molecule has 0 aliphatic carbocycles. The van der Waals surface area contributed by atoms with Crippen LogP contribution in [0.1, 0.15) is 6.92 Å². The molecule has 0 saturated carbocycles. The molecule has 0 spiro atoms. The molecule has 0 atom stereocenters. The minimum absolute atomic E-state index is 0.00376. The van der Waals surface area contributed by atoms with Crippen LogP contribution >= 0.6 is 0 Å². The molecule has 0 aliphatic rings. The van der Waals surface area contributed by atoms with E-state index in [2.05, 4.69) is 70.5 Å². The van der Waals surface area contributed by atoms with E-state index in [1.165, 1.54) is 6.92 Å². The van der Waals surface area contributed by atoms with Crippen molar-refractivity contribution in [1.29, 1.82) is 0 Å². The summed E-state index contributed by atoms with van der Waals surface area (Å²) in [5.74, 6) is -4.51. The van der Waals surface area contributed by atoms with Crippen LogP contribution in [0.15, 0.2) is 182 Å². The topological polar surface area (TPSA) is 9.23 Å². The van der Waals surface area contributed by atoms with Gasteiger partial charge in [-0.15, -0.1) is 0 Å². The summed E-state index contributed by atoms with van der Waals surface area (Å²) in [6.07, 6.45) is 2.70. The second-order valence-electron chi connectivity index (χ2n) is 8.06. The molecule has 0 unspecified atom stereocenters. The fourth-order valence-electron chi connectivity index (χ4n) is 2.26. The number of allylic oxidation sites excluding steroid dienone is 17. The van der Waals surface area contributed by atoms with Gasteiger partial charge in [0, 0.05) is 11.1 Å². The number of rotatable bonds is 16. The Bertz CT molecular complexity index is 1310. The molecule has 7 heteroatoms. The van der Waals surface area contributed by atoms with Crippen LogP contribution in [0.25, 0.3) is 0 Å². The maximum absolute atomic E-state index is 14.7. The van der Waals surface area contributed by atoms with Crippen LogP contribution in [0, 0.1) is 0 Å². The lowest BCUT2D eigenvalue weighted by molar-refractivity contribution is -0.177. The monoisotopic (exact) mass is 544 g/mol. The zero-order valence-electron chi connectivity index (χ0n) is 21.8.